The third kappa shape index (κ3) is 4.97. The lowest BCUT2D eigenvalue weighted by atomic mass is 10.1. The van der Waals surface area contributed by atoms with E-state index in [-0.39, 0.29) is 13.2 Å². The fraction of sp³-hybridized carbons (Fsp3) is 0.385. The molecular weight excluding hydrogens is 250 g/mol. The number of rotatable bonds is 6. The van der Waals surface area contributed by atoms with Crippen LogP contribution in [0.1, 0.15) is 12.5 Å². The summed E-state index contributed by atoms with van der Waals surface area (Å²) >= 11 is 0. The first-order valence-corrected chi connectivity index (χ1v) is 5.73. The van der Waals surface area contributed by atoms with Gasteiger partial charge < -0.3 is 20.3 Å². The molecule has 6 heteroatoms. The van der Waals surface area contributed by atoms with Gasteiger partial charge in [0.05, 0.1) is 6.54 Å². The molecule has 0 aliphatic heterocycles. The Morgan fingerprint density at radius 3 is 2.42 bits per heavy atom. The molecule has 0 fully saturated rings. The molecule has 0 bridgehead atoms. The highest BCUT2D eigenvalue weighted by Gasteiger charge is 2.30. The summed E-state index contributed by atoms with van der Waals surface area (Å²) in [4.78, 5) is 22.0. The van der Waals surface area contributed by atoms with Crippen molar-refractivity contribution in [2.24, 2.45) is 0 Å². The number of hydrogen-bond acceptors (Lipinski definition) is 4. The van der Waals surface area contributed by atoms with E-state index in [4.69, 9.17) is 9.84 Å². The van der Waals surface area contributed by atoms with E-state index in [1.54, 1.807) is 12.1 Å². The molecule has 0 saturated heterocycles. The predicted octanol–water partition coefficient (Wildman–Crippen LogP) is 0.326. The van der Waals surface area contributed by atoms with Crippen LogP contribution in [0.5, 0.6) is 5.75 Å². The molecule has 1 aromatic rings. The van der Waals surface area contributed by atoms with Gasteiger partial charge in [-0.05, 0) is 26.0 Å². The highest BCUT2D eigenvalue weighted by Crippen LogP contribution is 2.10. The topological polar surface area (TPSA) is 95.9 Å². The van der Waals surface area contributed by atoms with Crippen molar-refractivity contribution in [3.8, 4) is 5.75 Å². The number of nitrogens with one attached hydrogen (secondary N) is 1. The van der Waals surface area contributed by atoms with Gasteiger partial charge in [0.2, 0.25) is 0 Å². The summed E-state index contributed by atoms with van der Waals surface area (Å²) in [7, 11) is 0. The van der Waals surface area contributed by atoms with Crippen LogP contribution in [0.3, 0.4) is 0 Å². The normalized spacial score (nSPS) is 13.4. The second kappa shape index (κ2) is 6.19. The quantitative estimate of drug-likeness (QED) is 0.690. The SMILES string of the molecule is Cc1ccc(OCC(=O)NCC(C)(O)C(=O)O)cc1. The van der Waals surface area contributed by atoms with Crippen molar-refractivity contribution in [3.63, 3.8) is 0 Å². The minimum Gasteiger partial charge on any atom is -0.484 e. The van der Waals surface area contributed by atoms with Crippen LogP contribution < -0.4 is 10.1 Å². The third-order valence-electron chi connectivity index (χ3n) is 2.48. The van der Waals surface area contributed by atoms with Gasteiger partial charge in [0.1, 0.15) is 5.75 Å². The molecule has 0 saturated carbocycles. The second-order valence-corrected chi connectivity index (χ2v) is 4.46. The average Bonchev–Trinajstić information content (AvgIpc) is 2.35. The number of amides is 1. The average molecular weight is 267 g/mol. The molecule has 1 unspecified atom stereocenters. The molecule has 1 rings (SSSR count). The number of carbonyl (C=O) groups excluding carboxylic acids is 1. The van der Waals surface area contributed by atoms with Gasteiger partial charge >= 0.3 is 5.97 Å². The fourth-order valence-corrected chi connectivity index (χ4v) is 1.18. The highest BCUT2D eigenvalue weighted by molar-refractivity contribution is 5.80. The van der Waals surface area contributed by atoms with Crippen molar-refractivity contribution >= 4 is 11.9 Å². The number of aliphatic hydroxyl groups is 1. The van der Waals surface area contributed by atoms with E-state index in [1.807, 2.05) is 19.1 Å². The molecule has 19 heavy (non-hydrogen) atoms. The molecule has 1 amide bonds. The van der Waals surface area contributed by atoms with E-state index in [9.17, 15) is 14.7 Å². The van der Waals surface area contributed by atoms with Gasteiger partial charge in [-0.2, -0.15) is 0 Å². The van der Waals surface area contributed by atoms with Crippen LogP contribution in [-0.2, 0) is 9.59 Å². The summed E-state index contributed by atoms with van der Waals surface area (Å²) in [6.45, 7) is 2.43. The standard InChI is InChI=1S/C13H17NO5/c1-9-3-5-10(6-4-9)19-7-11(15)14-8-13(2,18)12(16)17/h3-6,18H,7-8H2,1-2H3,(H,14,15)(H,16,17). The Labute approximate surface area is 111 Å². The van der Waals surface area contributed by atoms with Gasteiger partial charge in [0.25, 0.3) is 5.91 Å². The van der Waals surface area contributed by atoms with E-state index in [1.165, 1.54) is 0 Å². The van der Waals surface area contributed by atoms with Crippen molar-refractivity contribution in [1.29, 1.82) is 0 Å². The van der Waals surface area contributed by atoms with E-state index in [0.29, 0.717) is 5.75 Å². The Hall–Kier alpha value is -2.08. The van der Waals surface area contributed by atoms with Crippen molar-refractivity contribution in [2.45, 2.75) is 19.4 Å². The fourth-order valence-electron chi connectivity index (χ4n) is 1.18. The zero-order chi connectivity index (χ0) is 14.5. The van der Waals surface area contributed by atoms with Crippen LogP contribution in [0.4, 0.5) is 0 Å². The minimum absolute atomic E-state index is 0.237. The minimum atomic E-state index is -1.99. The van der Waals surface area contributed by atoms with Crippen molar-refractivity contribution < 1.29 is 24.5 Å². The van der Waals surface area contributed by atoms with Gasteiger partial charge in [-0.3, -0.25) is 4.79 Å². The summed E-state index contributed by atoms with van der Waals surface area (Å²) in [6.07, 6.45) is 0. The maximum Gasteiger partial charge on any atom is 0.337 e. The lowest BCUT2D eigenvalue weighted by molar-refractivity contribution is -0.156. The molecule has 0 spiro atoms. The monoisotopic (exact) mass is 267 g/mol. The molecule has 3 N–H and O–H groups in total. The Morgan fingerprint density at radius 1 is 1.32 bits per heavy atom. The van der Waals surface area contributed by atoms with Crippen LogP contribution in [-0.4, -0.2) is 40.8 Å². The number of carboxylic acid groups (broad SMARTS) is 1. The number of benzene rings is 1. The third-order valence-corrected chi connectivity index (χ3v) is 2.48. The number of carboxylic acids is 1. The zero-order valence-electron chi connectivity index (χ0n) is 10.8. The van der Waals surface area contributed by atoms with Crippen molar-refractivity contribution in [3.05, 3.63) is 29.8 Å². The van der Waals surface area contributed by atoms with E-state index in [2.05, 4.69) is 5.32 Å². The Morgan fingerprint density at radius 2 is 1.89 bits per heavy atom. The molecular formula is C13H17NO5. The Balaban J connectivity index is 2.36. The summed E-state index contributed by atoms with van der Waals surface area (Å²) < 4.78 is 5.21. The van der Waals surface area contributed by atoms with Gasteiger partial charge in [0.15, 0.2) is 12.2 Å². The molecule has 0 aromatic heterocycles. The highest BCUT2D eigenvalue weighted by atomic mass is 16.5. The lowest BCUT2D eigenvalue weighted by Crippen LogP contribution is -2.47. The first kappa shape index (κ1) is 15.0. The van der Waals surface area contributed by atoms with Crippen LogP contribution in [0.2, 0.25) is 0 Å². The molecule has 0 heterocycles. The summed E-state index contributed by atoms with van der Waals surface area (Å²) in [5.74, 6) is -1.35. The van der Waals surface area contributed by atoms with Crippen LogP contribution >= 0.6 is 0 Å². The number of aryl methyl sites for hydroxylation is 1. The Bertz CT molecular complexity index is 453. The molecule has 0 aliphatic rings. The van der Waals surface area contributed by atoms with Crippen molar-refractivity contribution in [1.82, 2.24) is 5.32 Å². The molecule has 0 aliphatic carbocycles. The second-order valence-electron chi connectivity index (χ2n) is 4.46. The van der Waals surface area contributed by atoms with Crippen molar-refractivity contribution in [2.75, 3.05) is 13.2 Å². The van der Waals surface area contributed by atoms with Crippen LogP contribution in [0.25, 0.3) is 0 Å². The molecule has 1 atom stereocenters. The molecule has 104 valence electrons. The van der Waals surface area contributed by atoms with Gasteiger partial charge in [-0.25, -0.2) is 4.79 Å². The molecule has 1 aromatic carbocycles. The van der Waals surface area contributed by atoms with Crippen LogP contribution in [0.15, 0.2) is 24.3 Å². The largest absolute Gasteiger partial charge is 0.484 e. The number of carbonyl (C=O) groups is 2. The van der Waals surface area contributed by atoms with E-state index >= 15 is 0 Å². The number of aliphatic carboxylic acids is 1. The predicted molar refractivity (Wildman–Crippen MR) is 67.9 cm³/mol. The van der Waals surface area contributed by atoms with Gasteiger partial charge in [-0.15, -0.1) is 0 Å². The summed E-state index contributed by atoms with van der Waals surface area (Å²) in [5.41, 5.74) is -0.909. The smallest absolute Gasteiger partial charge is 0.337 e. The zero-order valence-corrected chi connectivity index (χ0v) is 10.8. The first-order valence-electron chi connectivity index (χ1n) is 5.73. The van der Waals surface area contributed by atoms with E-state index in [0.717, 1.165) is 12.5 Å². The maximum absolute atomic E-state index is 11.4. The van der Waals surface area contributed by atoms with Gasteiger partial charge in [0, 0.05) is 0 Å². The Kier molecular flexibility index (Phi) is 4.88. The molecule has 6 nitrogen and oxygen atoms in total. The number of hydrogen-bond donors (Lipinski definition) is 3. The van der Waals surface area contributed by atoms with Gasteiger partial charge in [-0.1, -0.05) is 17.7 Å². The van der Waals surface area contributed by atoms with E-state index < -0.39 is 17.5 Å². The number of ether oxygens (including phenoxy) is 1. The van der Waals surface area contributed by atoms with Crippen LogP contribution in [0, 0.1) is 6.92 Å². The summed E-state index contributed by atoms with van der Waals surface area (Å²) in [5, 5.41) is 20.3. The first-order chi connectivity index (χ1) is 8.81. The maximum atomic E-state index is 11.4. The summed E-state index contributed by atoms with van der Waals surface area (Å²) in [6, 6.07) is 7.16. The lowest BCUT2D eigenvalue weighted by Gasteiger charge is -2.18. The molecule has 0 radical (unpaired) electrons.